The molecule has 1 heterocycles. The Kier molecular flexibility index (Phi) is 6.20. The van der Waals surface area contributed by atoms with E-state index in [1.807, 2.05) is 31.2 Å². The summed E-state index contributed by atoms with van der Waals surface area (Å²) < 4.78 is 10.6. The SMILES string of the molecule is COC(=O)C1=C(C)NC(=S)NC1c1ccc(OCCC(C)C)cc1. The van der Waals surface area contributed by atoms with Crippen LogP contribution < -0.4 is 15.4 Å². The van der Waals surface area contributed by atoms with Gasteiger partial charge in [-0.05, 0) is 49.2 Å². The summed E-state index contributed by atoms with van der Waals surface area (Å²) in [5.41, 5.74) is 2.15. The predicted molar refractivity (Wildman–Crippen MR) is 97.7 cm³/mol. The summed E-state index contributed by atoms with van der Waals surface area (Å²) in [4.78, 5) is 12.1. The van der Waals surface area contributed by atoms with Crippen LogP contribution in [0.3, 0.4) is 0 Å². The van der Waals surface area contributed by atoms with Crippen molar-refractivity contribution < 1.29 is 14.3 Å². The Morgan fingerprint density at radius 1 is 1.29 bits per heavy atom. The van der Waals surface area contributed by atoms with E-state index in [9.17, 15) is 4.79 Å². The van der Waals surface area contributed by atoms with Gasteiger partial charge in [0.25, 0.3) is 0 Å². The number of hydrogen-bond acceptors (Lipinski definition) is 4. The first-order chi connectivity index (χ1) is 11.4. The molecule has 1 aromatic rings. The number of carbonyl (C=O) groups is 1. The molecule has 24 heavy (non-hydrogen) atoms. The summed E-state index contributed by atoms with van der Waals surface area (Å²) in [7, 11) is 1.37. The van der Waals surface area contributed by atoms with Crippen molar-refractivity contribution in [1.82, 2.24) is 10.6 Å². The van der Waals surface area contributed by atoms with Crippen molar-refractivity contribution in [1.29, 1.82) is 0 Å². The molecule has 0 bridgehead atoms. The average molecular weight is 348 g/mol. The van der Waals surface area contributed by atoms with Gasteiger partial charge in [-0.2, -0.15) is 0 Å². The quantitative estimate of drug-likeness (QED) is 0.609. The van der Waals surface area contributed by atoms with Gasteiger partial charge in [0, 0.05) is 5.70 Å². The molecule has 5 nitrogen and oxygen atoms in total. The summed E-state index contributed by atoms with van der Waals surface area (Å²) in [5.74, 6) is 1.05. The topological polar surface area (TPSA) is 59.6 Å². The molecule has 0 spiro atoms. The maximum atomic E-state index is 12.1. The first-order valence-electron chi connectivity index (χ1n) is 8.01. The molecule has 0 saturated heterocycles. The zero-order valence-corrected chi connectivity index (χ0v) is 15.3. The van der Waals surface area contributed by atoms with Crippen LogP contribution in [0.25, 0.3) is 0 Å². The molecule has 1 aliphatic rings. The van der Waals surface area contributed by atoms with E-state index >= 15 is 0 Å². The smallest absolute Gasteiger partial charge is 0.337 e. The van der Waals surface area contributed by atoms with Crippen molar-refractivity contribution in [2.45, 2.75) is 33.2 Å². The minimum Gasteiger partial charge on any atom is -0.494 e. The standard InChI is InChI=1S/C18H24N2O3S/c1-11(2)9-10-23-14-7-5-13(6-8-14)16-15(17(21)22-4)12(3)19-18(24)20-16/h5-8,11,16H,9-10H2,1-4H3,(H2,19,20,24). The van der Waals surface area contributed by atoms with Crippen molar-refractivity contribution >= 4 is 23.3 Å². The lowest BCUT2D eigenvalue weighted by atomic mass is 9.95. The number of methoxy groups -OCH3 is 1. The van der Waals surface area contributed by atoms with E-state index in [1.54, 1.807) is 0 Å². The molecular formula is C18H24N2O3S. The first kappa shape index (κ1) is 18.3. The third-order valence-corrected chi connectivity index (χ3v) is 4.07. The van der Waals surface area contributed by atoms with E-state index in [4.69, 9.17) is 21.7 Å². The number of nitrogens with one attached hydrogen (secondary N) is 2. The number of esters is 1. The van der Waals surface area contributed by atoms with E-state index in [0.717, 1.165) is 17.7 Å². The summed E-state index contributed by atoms with van der Waals surface area (Å²) in [6.45, 7) is 6.84. The molecule has 0 radical (unpaired) electrons. The van der Waals surface area contributed by atoms with Crippen LogP contribution in [0.2, 0.25) is 0 Å². The zero-order valence-electron chi connectivity index (χ0n) is 14.5. The summed E-state index contributed by atoms with van der Waals surface area (Å²) in [6, 6.07) is 7.36. The van der Waals surface area contributed by atoms with E-state index in [0.29, 0.717) is 28.9 Å². The maximum absolute atomic E-state index is 12.1. The number of carbonyl (C=O) groups excluding carboxylic acids is 1. The molecule has 1 aliphatic heterocycles. The number of thiocarbonyl (C=S) groups is 1. The van der Waals surface area contributed by atoms with Gasteiger partial charge < -0.3 is 20.1 Å². The van der Waals surface area contributed by atoms with Crippen LogP contribution in [-0.4, -0.2) is 24.8 Å². The molecule has 0 amide bonds. The van der Waals surface area contributed by atoms with E-state index in [1.165, 1.54) is 7.11 Å². The number of allylic oxidation sites excluding steroid dienone is 1. The summed E-state index contributed by atoms with van der Waals surface area (Å²) in [6.07, 6.45) is 1.01. The Hall–Kier alpha value is -2.08. The minimum atomic E-state index is -0.378. The van der Waals surface area contributed by atoms with Crippen LogP contribution >= 0.6 is 12.2 Å². The highest BCUT2D eigenvalue weighted by Gasteiger charge is 2.30. The van der Waals surface area contributed by atoms with Gasteiger partial charge in [-0.15, -0.1) is 0 Å². The lowest BCUT2D eigenvalue weighted by Crippen LogP contribution is -2.45. The molecule has 0 saturated carbocycles. The van der Waals surface area contributed by atoms with Gasteiger partial charge in [0.15, 0.2) is 5.11 Å². The van der Waals surface area contributed by atoms with Crippen molar-refractivity contribution in [3.8, 4) is 5.75 Å². The van der Waals surface area contributed by atoms with Gasteiger partial charge in [0.1, 0.15) is 5.75 Å². The zero-order chi connectivity index (χ0) is 17.7. The molecule has 0 aliphatic carbocycles. The molecule has 1 atom stereocenters. The second kappa shape index (κ2) is 8.15. The molecule has 2 N–H and O–H groups in total. The van der Waals surface area contributed by atoms with E-state index in [2.05, 4.69) is 24.5 Å². The highest BCUT2D eigenvalue weighted by molar-refractivity contribution is 7.80. The summed E-state index contributed by atoms with van der Waals surface area (Å²) in [5, 5.41) is 6.58. The van der Waals surface area contributed by atoms with Gasteiger partial charge in [0.2, 0.25) is 0 Å². The van der Waals surface area contributed by atoms with Crippen molar-refractivity contribution in [3.63, 3.8) is 0 Å². The molecule has 0 aromatic heterocycles. The Labute approximate surface area is 148 Å². The third-order valence-electron chi connectivity index (χ3n) is 3.85. The van der Waals surface area contributed by atoms with E-state index < -0.39 is 0 Å². The Bertz CT molecular complexity index is 638. The number of rotatable bonds is 6. The van der Waals surface area contributed by atoms with Crippen molar-refractivity contribution in [2.75, 3.05) is 13.7 Å². The van der Waals surface area contributed by atoms with Crippen LogP contribution in [0.1, 0.15) is 38.8 Å². The molecule has 1 unspecified atom stereocenters. The fourth-order valence-electron chi connectivity index (χ4n) is 2.49. The minimum absolute atomic E-state index is 0.337. The Balaban J connectivity index is 2.18. The van der Waals surface area contributed by atoms with E-state index in [-0.39, 0.29) is 12.0 Å². The molecule has 2 rings (SSSR count). The molecular weight excluding hydrogens is 324 g/mol. The van der Waals surface area contributed by atoms with Crippen molar-refractivity contribution in [3.05, 3.63) is 41.1 Å². The second-order valence-corrected chi connectivity index (χ2v) is 6.57. The van der Waals surface area contributed by atoms with Crippen LogP contribution in [0.5, 0.6) is 5.75 Å². The molecule has 130 valence electrons. The van der Waals surface area contributed by atoms with Gasteiger partial charge in [-0.1, -0.05) is 26.0 Å². The molecule has 1 aromatic carbocycles. The lowest BCUT2D eigenvalue weighted by molar-refractivity contribution is -0.136. The first-order valence-corrected chi connectivity index (χ1v) is 8.42. The lowest BCUT2D eigenvalue weighted by Gasteiger charge is -2.29. The highest BCUT2D eigenvalue weighted by Crippen LogP contribution is 2.28. The normalized spacial score (nSPS) is 17.4. The van der Waals surface area contributed by atoms with Crippen molar-refractivity contribution in [2.24, 2.45) is 5.92 Å². The fraction of sp³-hybridized carbons (Fsp3) is 0.444. The third kappa shape index (κ3) is 4.47. The Morgan fingerprint density at radius 3 is 2.54 bits per heavy atom. The van der Waals surface area contributed by atoms with Gasteiger partial charge in [-0.25, -0.2) is 4.79 Å². The Morgan fingerprint density at radius 2 is 1.96 bits per heavy atom. The van der Waals surface area contributed by atoms with Gasteiger partial charge in [-0.3, -0.25) is 0 Å². The van der Waals surface area contributed by atoms with Crippen LogP contribution in [-0.2, 0) is 9.53 Å². The largest absolute Gasteiger partial charge is 0.494 e. The van der Waals surface area contributed by atoms with Crippen LogP contribution in [0, 0.1) is 5.92 Å². The average Bonchev–Trinajstić information content (AvgIpc) is 2.54. The second-order valence-electron chi connectivity index (χ2n) is 6.16. The highest BCUT2D eigenvalue weighted by atomic mass is 32.1. The van der Waals surface area contributed by atoms with Gasteiger partial charge >= 0.3 is 5.97 Å². The predicted octanol–water partition coefficient (Wildman–Crippen LogP) is 3.08. The number of hydrogen-bond donors (Lipinski definition) is 2. The number of benzene rings is 1. The van der Waals surface area contributed by atoms with Gasteiger partial charge in [0.05, 0.1) is 25.3 Å². The maximum Gasteiger partial charge on any atom is 0.337 e. The molecule has 0 fully saturated rings. The monoisotopic (exact) mass is 348 g/mol. The summed E-state index contributed by atoms with van der Waals surface area (Å²) >= 11 is 5.21. The van der Waals surface area contributed by atoms with Crippen LogP contribution in [0.15, 0.2) is 35.5 Å². The van der Waals surface area contributed by atoms with Crippen LogP contribution in [0.4, 0.5) is 0 Å². The molecule has 6 heteroatoms. The fourth-order valence-corrected chi connectivity index (χ4v) is 2.76. The number of ether oxygens (including phenoxy) is 2.